The second-order valence-electron chi connectivity index (χ2n) is 8.66. The van der Waals surface area contributed by atoms with Crippen LogP contribution in [0.4, 0.5) is 11.5 Å². The van der Waals surface area contributed by atoms with Crippen LogP contribution in [-0.2, 0) is 16.6 Å². The Balaban J connectivity index is 0.000000185. The fraction of sp³-hybridized carbons (Fsp3) is 0.240. The number of rotatable bonds is 3. The van der Waals surface area contributed by atoms with Gasteiger partial charge < -0.3 is 10.3 Å². The normalized spacial score (nSPS) is 11.3. The number of carbonyl (C=O) groups excluding carboxylic acids is 1. The van der Waals surface area contributed by atoms with Crippen LogP contribution in [0.5, 0.6) is 0 Å². The highest BCUT2D eigenvalue weighted by molar-refractivity contribution is 7.23. The van der Waals surface area contributed by atoms with Crippen molar-refractivity contribution >= 4 is 44.1 Å². The number of nitrogens with two attached hydrogens (primary N) is 1. The first-order chi connectivity index (χ1) is 15.8. The lowest BCUT2D eigenvalue weighted by molar-refractivity contribution is 0.330. The molecule has 0 aliphatic carbocycles. The standard InChI is InChI=1S/C17H15N3S.C8H10N2O2/c1-2-11-3-8-15-16(9-11)21-17-19-14(10-20(15)17)12-4-6-13(18)7-5-12;1-8(2,3)6-4-7(9-5-11)10-12-6/h3-10H,2,18H2,1H3;4H,1-3H3. The van der Waals surface area contributed by atoms with Gasteiger partial charge in [-0.1, -0.05) is 62.4 Å². The molecular formula is C25H25N5O2S. The van der Waals surface area contributed by atoms with E-state index in [4.69, 9.17) is 15.2 Å². The summed E-state index contributed by atoms with van der Waals surface area (Å²) in [4.78, 5) is 19.0. The number of benzene rings is 2. The number of fused-ring (bicyclic) bond motifs is 3. The molecule has 2 N–H and O–H groups in total. The third-order valence-corrected chi connectivity index (χ3v) is 6.19. The number of hydrogen-bond donors (Lipinski definition) is 1. The Morgan fingerprint density at radius 3 is 2.55 bits per heavy atom. The van der Waals surface area contributed by atoms with Gasteiger partial charge in [-0.3, -0.25) is 4.40 Å². The second kappa shape index (κ2) is 9.02. The summed E-state index contributed by atoms with van der Waals surface area (Å²) in [6, 6.07) is 16.1. The van der Waals surface area contributed by atoms with E-state index in [-0.39, 0.29) is 11.2 Å². The van der Waals surface area contributed by atoms with Crippen molar-refractivity contribution in [3.8, 4) is 11.3 Å². The Kier molecular flexibility index (Phi) is 6.14. The maximum Gasteiger partial charge on any atom is 0.242 e. The molecule has 0 bridgehead atoms. The molecule has 0 radical (unpaired) electrons. The Morgan fingerprint density at radius 1 is 1.15 bits per heavy atom. The zero-order chi connectivity index (χ0) is 23.6. The molecule has 0 saturated heterocycles. The van der Waals surface area contributed by atoms with Gasteiger partial charge in [0, 0.05) is 28.9 Å². The predicted octanol–water partition coefficient (Wildman–Crippen LogP) is 6.30. The molecule has 3 aromatic heterocycles. The Labute approximate surface area is 195 Å². The first-order valence-corrected chi connectivity index (χ1v) is 11.4. The van der Waals surface area contributed by atoms with E-state index in [0.29, 0.717) is 5.76 Å². The maximum absolute atomic E-state index is 9.86. The van der Waals surface area contributed by atoms with Gasteiger partial charge >= 0.3 is 0 Å². The third kappa shape index (κ3) is 4.87. The average Bonchev–Trinajstić information content (AvgIpc) is 3.49. The van der Waals surface area contributed by atoms with Gasteiger partial charge in [-0.25, -0.2) is 9.78 Å². The zero-order valence-corrected chi connectivity index (χ0v) is 19.8. The minimum Gasteiger partial charge on any atom is -0.399 e. The summed E-state index contributed by atoms with van der Waals surface area (Å²) < 4.78 is 8.42. The first-order valence-electron chi connectivity index (χ1n) is 10.6. The van der Waals surface area contributed by atoms with E-state index in [2.05, 4.69) is 45.9 Å². The number of thiazole rings is 1. The lowest BCUT2D eigenvalue weighted by atomic mass is 9.93. The molecule has 5 rings (SSSR count). The molecule has 3 heterocycles. The van der Waals surface area contributed by atoms with Crippen LogP contribution in [0.2, 0.25) is 0 Å². The molecule has 0 aliphatic rings. The summed E-state index contributed by atoms with van der Waals surface area (Å²) >= 11 is 1.74. The minimum absolute atomic E-state index is 0.107. The fourth-order valence-corrected chi connectivity index (χ4v) is 4.35. The molecule has 0 aliphatic heterocycles. The maximum atomic E-state index is 9.86. The largest absolute Gasteiger partial charge is 0.399 e. The summed E-state index contributed by atoms with van der Waals surface area (Å²) in [5.74, 6) is 0.978. The molecule has 7 nitrogen and oxygen atoms in total. The number of hydrogen-bond acceptors (Lipinski definition) is 7. The molecule has 0 fully saturated rings. The molecule has 0 spiro atoms. The van der Waals surface area contributed by atoms with E-state index in [1.54, 1.807) is 17.4 Å². The van der Waals surface area contributed by atoms with Crippen molar-refractivity contribution in [2.75, 3.05) is 5.73 Å². The predicted molar refractivity (Wildman–Crippen MR) is 133 cm³/mol. The van der Waals surface area contributed by atoms with Crippen molar-refractivity contribution in [3.63, 3.8) is 0 Å². The third-order valence-electron chi connectivity index (χ3n) is 5.17. The molecule has 0 unspecified atom stereocenters. The van der Waals surface area contributed by atoms with Crippen molar-refractivity contribution in [2.24, 2.45) is 4.99 Å². The highest BCUT2D eigenvalue weighted by Crippen LogP contribution is 2.30. The van der Waals surface area contributed by atoms with E-state index in [1.807, 2.05) is 45.0 Å². The second-order valence-corrected chi connectivity index (χ2v) is 9.67. The summed E-state index contributed by atoms with van der Waals surface area (Å²) in [5, 5.41) is 3.57. The number of isocyanates is 1. The number of nitrogen functional groups attached to an aromatic ring is 1. The number of anilines is 1. The Bertz CT molecular complexity index is 1450. The highest BCUT2D eigenvalue weighted by Gasteiger charge is 2.19. The summed E-state index contributed by atoms with van der Waals surface area (Å²) in [6.07, 6.45) is 4.57. The van der Waals surface area contributed by atoms with Crippen LogP contribution in [-0.4, -0.2) is 20.6 Å². The molecule has 5 aromatic rings. The van der Waals surface area contributed by atoms with Gasteiger partial charge in [0.2, 0.25) is 11.9 Å². The van der Waals surface area contributed by atoms with Gasteiger partial charge in [-0.05, 0) is 36.2 Å². The number of aliphatic imine (C=N–C) groups is 1. The summed E-state index contributed by atoms with van der Waals surface area (Å²) in [6.45, 7) is 8.14. The number of aromatic nitrogens is 3. The van der Waals surface area contributed by atoms with Gasteiger partial charge in [-0.2, -0.15) is 0 Å². The van der Waals surface area contributed by atoms with Crippen molar-refractivity contribution in [3.05, 3.63) is 66.1 Å². The van der Waals surface area contributed by atoms with Crippen molar-refractivity contribution in [1.29, 1.82) is 0 Å². The van der Waals surface area contributed by atoms with Crippen molar-refractivity contribution < 1.29 is 9.32 Å². The number of nitrogens with zero attached hydrogens (tertiary/aromatic N) is 4. The molecule has 168 valence electrons. The Hall–Kier alpha value is -3.74. The number of imidazole rings is 1. The molecule has 2 aromatic carbocycles. The van der Waals surface area contributed by atoms with Crippen molar-refractivity contribution in [2.45, 2.75) is 39.5 Å². The van der Waals surface area contributed by atoms with Crippen LogP contribution in [0.25, 0.3) is 26.4 Å². The Morgan fingerprint density at radius 2 is 1.91 bits per heavy atom. The van der Waals surface area contributed by atoms with E-state index in [0.717, 1.165) is 28.3 Å². The first kappa shape index (κ1) is 22.5. The lowest BCUT2D eigenvalue weighted by Crippen LogP contribution is -2.08. The molecule has 33 heavy (non-hydrogen) atoms. The van der Waals surface area contributed by atoms with Gasteiger partial charge in [0.1, 0.15) is 5.76 Å². The van der Waals surface area contributed by atoms with Gasteiger partial charge in [-0.15, -0.1) is 4.99 Å². The summed E-state index contributed by atoms with van der Waals surface area (Å²) in [7, 11) is 0. The topological polar surface area (TPSA) is 98.8 Å². The van der Waals surface area contributed by atoms with E-state index >= 15 is 0 Å². The smallest absolute Gasteiger partial charge is 0.242 e. The van der Waals surface area contributed by atoms with Crippen LogP contribution < -0.4 is 5.73 Å². The number of aryl methyl sites for hydroxylation is 1. The van der Waals surface area contributed by atoms with Crippen molar-refractivity contribution in [1.82, 2.24) is 14.5 Å². The minimum atomic E-state index is -0.107. The zero-order valence-electron chi connectivity index (χ0n) is 19.0. The molecule has 0 atom stereocenters. The van der Waals surface area contributed by atoms with Crippen LogP contribution in [0.1, 0.15) is 39.0 Å². The van der Waals surface area contributed by atoms with Crippen LogP contribution in [0, 0.1) is 0 Å². The van der Waals surface area contributed by atoms with Gasteiger partial charge in [0.15, 0.2) is 4.96 Å². The molecule has 0 saturated carbocycles. The fourth-order valence-electron chi connectivity index (χ4n) is 3.28. The molecule has 8 heteroatoms. The van der Waals surface area contributed by atoms with E-state index < -0.39 is 0 Å². The van der Waals surface area contributed by atoms with Crippen LogP contribution >= 0.6 is 11.3 Å². The molecular weight excluding hydrogens is 434 g/mol. The average molecular weight is 460 g/mol. The van der Waals surface area contributed by atoms with Crippen LogP contribution in [0.15, 0.2) is 64.2 Å². The van der Waals surface area contributed by atoms with Gasteiger partial charge in [0.05, 0.1) is 15.9 Å². The lowest BCUT2D eigenvalue weighted by Gasteiger charge is -2.11. The SMILES string of the molecule is CC(C)(C)c1cc(N=C=O)no1.CCc1ccc2c(c1)sc1nc(-c3ccc(N)cc3)cn12. The highest BCUT2D eigenvalue weighted by atomic mass is 32.1. The van der Waals surface area contributed by atoms with E-state index in [9.17, 15) is 4.79 Å². The van der Waals surface area contributed by atoms with E-state index in [1.165, 1.54) is 21.9 Å². The summed E-state index contributed by atoms with van der Waals surface area (Å²) in [5.41, 5.74) is 11.1. The quantitative estimate of drug-likeness (QED) is 0.194. The van der Waals surface area contributed by atoms with Crippen LogP contribution in [0.3, 0.4) is 0 Å². The van der Waals surface area contributed by atoms with Gasteiger partial charge in [0.25, 0.3) is 0 Å². The molecule has 0 amide bonds. The monoisotopic (exact) mass is 459 g/mol.